The molecule has 1 N–H and O–H groups in total. The molecule has 0 saturated heterocycles. The molecule has 2 aromatic rings. The molecule has 0 unspecified atom stereocenters. The summed E-state index contributed by atoms with van der Waals surface area (Å²) in [5.74, 6) is -0.563. The second kappa shape index (κ2) is 9.52. The molecule has 0 spiro atoms. The number of carbonyl (C=O) groups is 1. The number of aromatic nitrogens is 2. The topological polar surface area (TPSA) is 87.9 Å². The summed E-state index contributed by atoms with van der Waals surface area (Å²) in [6, 6.07) is 10.6. The van der Waals surface area contributed by atoms with Crippen molar-refractivity contribution in [1.29, 1.82) is 5.26 Å². The molecule has 27 heavy (non-hydrogen) atoms. The number of anilines is 1. The van der Waals surface area contributed by atoms with Gasteiger partial charge in [-0.15, -0.1) is 18.3 Å². The van der Waals surface area contributed by atoms with Crippen molar-refractivity contribution in [3.05, 3.63) is 47.7 Å². The predicted molar refractivity (Wildman–Crippen MR) is 90.7 cm³/mol. The van der Waals surface area contributed by atoms with Gasteiger partial charge in [-0.25, -0.2) is 0 Å². The predicted octanol–water partition coefficient (Wildman–Crippen LogP) is 3.79. The van der Waals surface area contributed by atoms with Crippen LogP contribution in [0.25, 0.3) is 0 Å². The number of halogens is 3. The molecule has 1 heterocycles. The Balaban J connectivity index is 1.87. The third-order valence-corrected chi connectivity index (χ3v) is 3.46. The van der Waals surface area contributed by atoms with Crippen LogP contribution in [-0.4, -0.2) is 22.5 Å². The number of hydrogen-bond donors (Lipinski definition) is 1. The number of carbonyl (C=O) groups excluding carboxylic acids is 1. The van der Waals surface area contributed by atoms with E-state index in [4.69, 9.17) is 5.26 Å². The van der Waals surface area contributed by atoms with E-state index in [0.29, 0.717) is 18.4 Å². The lowest BCUT2D eigenvalue weighted by Crippen LogP contribution is -2.18. The maximum Gasteiger partial charge on any atom is 0.573 e. The maximum atomic E-state index is 12.2. The first-order valence-electron chi connectivity index (χ1n) is 8.20. The van der Waals surface area contributed by atoms with Crippen LogP contribution in [-0.2, 0) is 17.6 Å². The van der Waals surface area contributed by atoms with E-state index < -0.39 is 12.3 Å². The number of rotatable bonds is 8. The molecule has 0 aliphatic carbocycles. The van der Waals surface area contributed by atoms with Crippen LogP contribution in [0.5, 0.6) is 5.75 Å². The molecule has 0 atom stereocenters. The molecule has 1 aromatic heterocycles. The molecule has 0 aliphatic heterocycles. The highest BCUT2D eigenvalue weighted by Crippen LogP contribution is 2.23. The van der Waals surface area contributed by atoms with Crippen molar-refractivity contribution in [3.8, 4) is 11.8 Å². The third kappa shape index (κ3) is 7.73. The highest BCUT2D eigenvalue weighted by Gasteiger charge is 2.31. The molecule has 0 bridgehead atoms. The number of nitriles is 1. The summed E-state index contributed by atoms with van der Waals surface area (Å²) in [6.07, 6.45) is -2.12. The Kier molecular flexibility index (Phi) is 7.11. The van der Waals surface area contributed by atoms with Crippen molar-refractivity contribution in [2.24, 2.45) is 0 Å². The van der Waals surface area contributed by atoms with Gasteiger partial charge in [0.15, 0.2) is 5.82 Å². The van der Waals surface area contributed by atoms with Crippen LogP contribution >= 0.6 is 0 Å². The fourth-order valence-corrected chi connectivity index (χ4v) is 2.30. The molecule has 0 aliphatic rings. The van der Waals surface area contributed by atoms with E-state index in [1.807, 2.05) is 0 Å². The number of benzene rings is 1. The van der Waals surface area contributed by atoms with Crippen LogP contribution in [0.4, 0.5) is 19.0 Å². The summed E-state index contributed by atoms with van der Waals surface area (Å²) in [4.78, 5) is 12.0. The normalized spacial score (nSPS) is 10.9. The molecular weight excluding hydrogens is 361 g/mol. The Morgan fingerprint density at radius 3 is 2.67 bits per heavy atom. The number of nitrogens with one attached hydrogen (secondary N) is 1. The van der Waals surface area contributed by atoms with Crippen molar-refractivity contribution in [2.75, 3.05) is 5.32 Å². The number of unbranched alkanes of at least 4 members (excludes halogenated alkanes) is 2. The summed E-state index contributed by atoms with van der Waals surface area (Å²) >= 11 is 0. The number of ether oxygens (including phenoxy) is 1. The SMILES string of the molecule is N#CCCCCc1ccc(NC(=O)Cc2cccc(OC(F)(F)F)c2)nn1. The Bertz CT molecular complexity index is 801. The zero-order chi connectivity index (χ0) is 19.7. The molecule has 9 heteroatoms. The van der Waals surface area contributed by atoms with Gasteiger partial charge in [-0.05, 0) is 49.1 Å². The van der Waals surface area contributed by atoms with E-state index in [1.54, 1.807) is 12.1 Å². The smallest absolute Gasteiger partial charge is 0.406 e. The van der Waals surface area contributed by atoms with Gasteiger partial charge in [-0.2, -0.15) is 10.4 Å². The third-order valence-electron chi connectivity index (χ3n) is 3.46. The van der Waals surface area contributed by atoms with E-state index >= 15 is 0 Å². The first-order valence-corrected chi connectivity index (χ1v) is 8.20. The van der Waals surface area contributed by atoms with Gasteiger partial charge in [0.25, 0.3) is 0 Å². The van der Waals surface area contributed by atoms with Crippen molar-refractivity contribution in [3.63, 3.8) is 0 Å². The minimum atomic E-state index is -4.78. The van der Waals surface area contributed by atoms with Gasteiger partial charge in [0, 0.05) is 6.42 Å². The van der Waals surface area contributed by atoms with Gasteiger partial charge in [-0.3, -0.25) is 4.79 Å². The van der Waals surface area contributed by atoms with Crippen molar-refractivity contribution in [2.45, 2.75) is 38.5 Å². The largest absolute Gasteiger partial charge is 0.573 e. The van der Waals surface area contributed by atoms with E-state index in [2.05, 4.69) is 26.3 Å². The summed E-state index contributed by atoms with van der Waals surface area (Å²) in [5, 5.41) is 18.9. The maximum absolute atomic E-state index is 12.2. The molecule has 0 fully saturated rings. The van der Waals surface area contributed by atoms with Gasteiger partial charge >= 0.3 is 6.36 Å². The van der Waals surface area contributed by atoms with Gasteiger partial charge in [-0.1, -0.05) is 12.1 Å². The van der Waals surface area contributed by atoms with E-state index in [9.17, 15) is 18.0 Å². The first kappa shape index (κ1) is 20.2. The van der Waals surface area contributed by atoms with Gasteiger partial charge in [0.05, 0.1) is 18.2 Å². The van der Waals surface area contributed by atoms with E-state index in [1.165, 1.54) is 12.1 Å². The van der Waals surface area contributed by atoms with Crippen LogP contribution in [0, 0.1) is 11.3 Å². The highest BCUT2D eigenvalue weighted by atomic mass is 19.4. The number of nitrogens with zero attached hydrogens (tertiary/aromatic N) is 3. The Morgan fingerprint density at radius 2 is 2.00 bits per heavy atom. The number of alkyl halides is 3. The van der Waals surface area contributed by atoms with Crippen LogP contribution in [0.2, 0.25) is 0 Å². The van der Waals surface area contributed by atoms with E-state index in [-0.39, 0.29) is 18.0 Å². The van der Waals surface area contributed by atoms with Gasteiger partial charge < -0.3 is 10.1 Å². The molecule has 0 saturated carbocycles. The number of amides is 1. The van der Waals surface area contributed by atoms with Crippen molar-refractivity contribution < 1.29 is 22.7 Å². The zero-order valence-corrected chi connectivity index (χ0v) is 14.3. The zero-order valence-electron chi connectivity index (χ0n) is 14.3. The average Bonchev–Trinajstić information content (AvgIpc) is 2.59. The fraction of sp³-hybridized carbons (Fsp3) is 0.333. The fourth-order valence-electron chi connectivity index (χ4n) is 2.30. The summed E-state index contributed by atoms with van der Waals surface area (Å²) in [5.41, 5.74) is 1.12. The Labute approximate surface area is 154 Å². The Hall–Kier alpha value is -3.15. The molecule has 1 aromatic carbocycles. The average molecular weight is 378 g/mol. The summed E-state index contributed by atoms with van der Waals surface area (Å²) in [6.45, 7) is 0. The molecule has 2 rings (SSSR count). The van der Waals surface area contributed by atoms with Crippen molar-refractivity contribution in [1.82, 2.24) is 10.2 Å². The second-order valence-corrected chi connectivity index (χ2v) is 5.70. The number of hydrogen-bond acceptors (Lipinski definition) is 5. The molecule has 1 amide bonds. The van der Waals surface area contributed by atoms with Crippen LogP contribution < -0.4 is 10.1 Å². The van der Waals surface area contributed by atoms with Gasteiger partial charge in [0.1, 0.15) is 5.75 Å². The monoisotopic (exact) mass is 378 g/mol. The lowest BCUT2D eigenvalue weighted by molar-refractivity contribution is -0.274. The molecule has 6 nitrogen and oxygen atoms in total. The lowest BCUT2D eigenvalue weighted by Gasteiger charge is -2.10. The number of aryl methyl sites for hydroxylation is 1. The van der Waals surface area contributed by atoms with Crippen LogP contribution in [0.1, 0.15) is 30.5 Å². The second-order valence-electron chi connectivity index (χ2n) is 5.70. The molecule has 142 valence electrons. The van der Waals surface area contributed by atoms with Gasteiger partial charge in [0.2, 0.25) is 5.91 Å². The van der Waals surface area contributed by atoms with Crippen LogP contribution in [0.3, 0.4) is 0 Å². The van der Waals surface area contributed by atoms with E-state index in [0.717, 1.165) is 30.7 Å². The standard InChI is InChI=1S/C18H17F3N4O2/c19-18(20,21)27-15-7-4-5-13(11-15)12-17(26)23-16-9-8-14(24-25-16)6-2-1-3-10-22/h4-5,7-9,11H,1-3,6,12H2,(H,23,25,26). The summed E-state index contributed by atoms with van der Waals surface area (Å²) in [7, 11) is 0. The lowest BCUT2D eigenvalue weighted by atomic mass is 10.1. The minimum Gasteiger partial charge on any atom is -0.406 e. The van der Waals surface area contributed by atoms with Crippen LogP contribution in [0.15, 0.2) is 36.4 Å². The van der Waals surface area contributed by atoms with Crippen molar-refractivity contribution >= 4 is 11.7 Å². The molecular formula is C18H17F3N4O2. The Morgan fingerprint density at radius 1 is 1.19 bits per heavy atom. The quantitative estimate of drug-likeness (QED) is 0.706. The minimum absolute atomic E-state index is 0.132. The summed E-state index contributed by atoms with van der Waals surface area (Å²) < 4.78 is 40.6. The first-order chi connectivity index (χ1) is 12.9. The molecule has 0 radical (unpaired) electrons. The highest BCUT2D eigenvalue weighted by molar-refractivity contribution is 5.91.